The van der Waals surface area contributed by atoms with Gasteiger partial charge in [-0.05, 0) is 12.8 Å². The molecule has 0 aromatic carbocycles. The topological polar surface area (TPSA) is 68.0 Å². The lowest BCUT2D eigenvalue weighted by atomic mass is 9.81. The Bertz CT molecular complexity index is 312. The summed E-state index contributed by atoms with van der Waals surface area (Å²) in [4.78, 5) is 17.1. The number of amides is 1. The van der Waals surface area contributed by atoms with E-state index in [1.165, 1.54) is 0 Å². The summed E-state index contributed by atoms with van der Waals surface area (Å²) in [6.07, 6.45) is 3.32. The van der Waals surface area contributed by atoms with Crippen LogP contribution in [0.4, 0.5) is 0 Å². The first kappa shape index (κ1) is 13.1. The predicted octanol–water partition coefficient (Wildman–Crippen LogP) is 1.52. The van der Waals surface area contributed by atoms with E-state index in [0.29, 0.717) is 13.1 Å². The number of aromatic nitrogens is 1. The molecule has 0 saturated carbocycles. The average Bonchev–Trinajstić information content (AvgIpc) is 2.82. The maximum Gasteiger partial charge on any atom is 0.227 e. The van der Waals surface area contributed by atoms with Gasteiger partial charge in [-0.1, -0.05) is 13.8 Å². The van der Waals surface area contributed by atoms with Gasteiger partial charge in [-0.3, -0.25) is 9.78 Å². The monoisotopic (exact) mass is 241 g/mol. The van der Waals surface area contributed by atoms with Crippen molar-refractivity contribution in [3.63, 3.8) is 0 Å². The Balaban J connectivity index is 2.56. The quantitative estimate of drug-likeness (QED) is 0.793. The second-order valence-electron chi connectivity index (χ2n) is 3.84. The van der Waals surface area contributed by atoms with E-state index >= 15 is 0 Å². The molecule has 1 heterocycles. The summed E-state index contributed by atoms with van der Waals surface area (Å²) in [6, 6.07) is 0. The molecule has 1 aromatic heterocycles. The first-order valence-corrected chi connectivity index (χ1v) is 6.42. The van der Waals surface area contributed by atoms with Gasteiger partial charge in [0.15, 0.2) is 0 Å². The van der Waals surface area contributed by atoms with Crippen LogP contribution in [-0.4, -0.2) is 17.4 Å². The molecule has 0 aliphatic heterocycles. The molecular weight excluding hydrogens is 222 g/mol. The second-order valence-corrected chi connectivity index (χ2v) is 4.81. The Hall–Kier alpha value is -0.940. The van der Waals surface area contributed by atoms with E-state index < -0.39 is 5.41 Å². The van der Waals surface area contributed by atoms with Crippen LogP contribution < -0.4 is 11.1 Å². The first-order chi connectivity index (χ1) is 7.68. The Morgan fingerprint density at radius 3 is 2.69 bits per heavy atom. The standard InChI is InChI=1S/C11H19N3OS/c1-3-11(4-2,7-12)10(15)14-6-9-5-13-8-16-9/h5,8H,3-4,6-7,12H2,1-2H3,(H,14,15). The highest BCUT2D eigenvalue weighted by Gasteiger charge is 2.32. The van der Waals surface area contributed by atoms with Crippen molar-refractivity contribution >= 4 is 17.2 Å². The van der Waals surface area contributed by atoms with Crippen LogP contribution in [0.3, 0.4) is 0 Å². The first-order valence-electron chi connectivity index (χ1n) is 5.54. The molecule has 0 unspecified atom stereocenters. The average molecular weight is 241 g/mol. The predicted molar refractivity (Wildman–Crippen MR) is 66.0 cm³/mol. The maximum absolute atomic E-state index is 12.0. The lowest BCUT2D eigenvalue weighted by Crippen LogP contribution is -2.44. The number of carbonyl (C=O) groups is 1. The van der Waals surface area contributed by atoms with E-state index in [9.17, 15) is 4.79 Å². The van der Waals surface area contributed by atoms with Crippen molar-refractivity contribution in [2.24, 2.45) is 11.1 Å². The molecule has 0 radical (unpaired) electrons. The van der Waals surface area contributed by atoms with Crippen molar-refractivity contribution in [3.8, 4) is 0 Å². The summed E-state index contributed by atoms with van der Waals surface area (Å²) < 4.78 is 0. The van der Waals surface area contributed by atoms with E-state index in [4.69, 9.17) is 5.73 Å². The van der Waals surface area contributed by atoms with Crippen LogP contribution in [0.25, 0.3) is 0 Å². The van der Waals surface area contributed by atoms with Crippen molar-refractivity contribution in [2.45, 2.75) is 33.2 Å². The highest BCUT2D eigenvalue weighted by atomic mass is 32.1. The summed E-state index contributed by atoms with van der Waals surface area (Å²) in [6.45, 7) is 4.95. The molecule has 16 heavy (non-hydrogen) atoms. The highest BCUT2D eigenvalue weighted by molar-refractivity contribution is 7.09. The van der Waals surface area contributed by atoms with Crippen molar-refractivity contribution in [1.82, 2.24) is 10.3 Å². The molecule has 5 heteroatoms. The summed E-state index contributed by atoms with van der Waals surface area (Å²) in [7, 11) is 0. The van der Waals surface area contributed by atoms with E-state index in [1.807, 2.05) is 13.8 Å². The summed E-state index contributed by atoms with van der Waals surface area (Å²) in [5.41, 5.74) is 7.06. The minimum absolute atomic E-state index is 0.0494. The Morgan fingerprint density at radius 2 is 2.25 bits per heavy atom. The molecule has 4 nitrogen and oxygen atoms in total. The number of rotatable bonds is 6. The fourth-order valence-corrected chi connectivity index (χ4v) is 2.17. The van der Waals surface area contributed by atoms with Crippen molar-refractivity contribution in [1.29, 1.82) is 0 Å². The number of nitrogens with one attached hydrogen (secondary N) is 1. The number of hydrogen-bond acceptors (Lipinski definition) is 4. The largest absolute Gasteiger partial charge is 0.351 e. The summed E-state index contributed by atoms with van der Waals surface area (Å²) >= 11 is 1.54. The van der Waals surface area contributed by atoms with E-state index in [-0.39, 0.29) is 5.91 Å². The van der Waals surface area contributed by atoms with Crippen molar-refractivity contribution in [2.75, 3.05) is 6.54 Å². The molecule has 1 amide bonds. The van der Waals surface area contributed by atoms with Crippen LogP contribution in [-0.2, 0) is 11.3 Å². The Labute approximate surface area is 100 Å². The number of thiazole rings is 1. The van der Waals surface area contributed by atoms with Crippen LogP contribution in [0.1, 0.15) is 31.6 Å². The van der Waals surface area contributed by atoms with Crippen LogP contribution in [0.2, 0.25) is 0 Å². The smallest absolute Gasteiger partial charge is 0.227 e. The van der Waals surface area contributed by atoms with Crippen LogP contribution in [0, 0.1) is 5.41 Å². The van der Waals surface area contributed by atoms with Gasteiger partial charge >= 0.3 is 0 Å². The molecule has 0 bridgehead atoms. The van der Waals surface area contributed by atoms with E-state index in [1.54, 1.807) is 23.0 Å². The molecule has 0 spiro atoms. The minimum atomic E-state index is -0.412. The van der Waals surface area contributed by atoms with Crippen molar-refractivity contribution in [3.05, 3.63) is 16.6 Å². The lowest BCUT2D eigenvalue weighted by molar-refractivity contribution is -0.131. The SMILES string of the molecule is CCC(CC)(CN)C(=O)NCc1cncs1. The molecule has 0 aliphatic rings. The molecule has 1 rings (SSSR count). The number of nitrogens with zero attached hydrogens (tertiary/aromatic N) is 1. The molecule has 1 aromatic rings. The Kier molecular flexibility index (Phi) is 4.89. The third-order valence-corrected chi connectivity index (χ3v) is 3.91. The zero-order valence-electron chi connectivity index (χ0n) is 9.82. The van der Waals surface area contributed by atoms with E-state index in [0.717, 1.165) is 17.7 Å². The number of nitrogens with two attached hydrogens (primary N) is 1. The Morgan fingerprint density at radius 1 is 1.56 bits per heavy atom. The molecule has 0 saturated heterocycles. The van der Waals surface area contributed by atoms with Crippen molar-refractivity contribution < 1.29 is 4.79 Å². The van der Waals surface area contributed by atoms with Gasteiger partial charge in [0.05, 0.1) is 17.5 Å². The van der Waals surface area contributed by atoms with E-state index in [2.05, 4.69) is 10.3 Å². The number of carbonyl (C=O) groups excluding carboxylic acids is 1. The van der Waals surface area contributed by atoms with Gasteiger partial charge < -0.3 is 11.1 Å². The van der Waals surface area contributed by atoms with Gasteiger partial charge in [-0.2, -0.15) is 0 Å². The highest BCUT2D eigenvalue weighted by Crippen LogP contribution is 2.25. The van der Waals surface area contributed by atoms with Crippen LogP contribution >= 0.6 is 11.3 Å². The number of hydrogen-bond donors (Lipinski definition) is 2. The molecule has 0 atom stereocenters. The maximum atomic E-state index is 12.0. The van der Waals surface area contributed by atoms with Gasteiger partial charge in [-0.25, -0.2) is 0 Å². The summed E-state index contributed by atoms with van der Waals surface area (Å²) in [5, 5.41) is 2.93. The third kappa shape index (κ3) is 2.80. The van der Waals surface area contributed by atoms with Gasteiger partial charge in [0.1, 0.15) is 0 Å². The third-order valence-electron chi connectivity index (χ3n) is 3.13. The van der Waals surface area contributed by atoms with Gasteiger partial charge in [-0.15, -0.1) is 11.3 Å². The summed E-state index contributed by atoms with van der Waals surface area (Å²) in [5.74, 6) is 0.0494. The molecule has 90 valence electrons. The second kappa shape index (κ2) is 5.96. The zero-order chi connectivity index (χ0) is 12.0. The van der Waals surface area contributed by atoms with Gasteiger partial charge in [0.25, 0.3) is 0 Å². The molecular formula is C11H19N3OS. The molecule has 0 fully saturated rings. The molecule has 3 N–H and O–H groups in total. The minimum Gasteiger partial charge on any atom is -0.351 e. The molecule has 0 aliphatic carbocycles. The fourth-order valence-electron chi connectivity index (χ4n) is 1.64. The van der Waals surface area contributed by atoms with Gasteiger partial charge in [0.2, 0.25) is 5.91 Å². The van der Waals surface area contributed by atoms with Crippen LogP contribution in [0.5, 0.6) is 0 Å². The normalized spacial score (nSPS) is 11.4. The lowest BCUT2D eigenvalue weighted by Gasteiger charge is -2.28. The zero-order valence-corrected chi connectivity index (χ0v) is 10.6. The fraction of sp³-hybridized carbons (Fsp3) is 0.636. The van der Waals surface area contributed by atoms with Crippen LogP contribution in [0.15, 0.2) is 11.7 Å². The van der Waals surface area contributed by atoms with Gasteiger partial charge in [0, 0.05) is 17.6 Å².